The molecule has 97 heavy (non-hydrogen) atoms. The Morgan fingerprint density at radius 2 is 1.34 bits per heavy atom. The number of ether oxygens (including phenoxy) is 2. The van der Waals surface area contributed by atoms with Crippen LogP contribution in [0.1, 0.15) is 81.1 Å². The normalized spacial score (nSPS) is 25.1. The van der Waals surface area contributed by atoms with E-state index in [4.69, 9.17) is 9.47 Å². The molecule has 7 rings (SSSR count). The highest BCUT2D eigenvalue weighted by atomic mass is 32.3. The number of benzene rings is 3. The zero-order valence-corrected chi connectivity index (χ0v) is 55.2. The Hall–Kier alpha value is -7.30. The monoisotopic (exact) mass is 1400 g/mol. The maximum absolute atomic E-state index is 15.0. The molecule has 3 aliphatic rings. The summed E-state index contributed by atoms with van der Waals surface area (Å²) in [5.41, 5.74) is 1.26. The van der Waals surface area contributed by atoms with E-state index in [9.17, 15) is 98.3 Å². The lowest BCUT2D eigenvalue weighted by Gasteiger charge is -2.34. The predicted molar refractivity (Wildman–Crippen MR) is 347 cm³/mol. The summed E-state index contributed by atoms with van der Waals surface area (Å²) >= 11 is -3.48. The zero-order chi connectivity index (χ0) is 70.8. The predicted octanol–water partition coefficient (Wildman–Crippen LogP) is -2.29. The number of carbonyl (C=O) groups excluding carboxylic acids is 7. The molecule has 1 aromatic heterocycles. The van der Waals surface area contributed by atoms with Crippen molar-refractivity contribution in [2.24, 2.45) is 5.92 Å². The van der Waals surface area contributed by atoms with Crippen LogP contribution in [0.25, 0.3) is 21.1 Å². The standard InChI is InChI=1S/C62H88N10O23S2/c1-32-29-72-52(53(32)82)58(87)64-27-38(75)25-41(65-54(83)35-10-12-36(13-11-35)59-69-70-60(96-59)37-14-16-40(17-15-37)94-22-8-6-4-5-7-21-93-3)55(84)66-49(33(2)74)61(88)71-30-39(76)26-42(71)56(85)67-50(45(79)23-34-9-18-43(77)48(24-34)95-97(90,91)92)57(86)68-51(62(72)89)44(78)19-20-63-28-46(80)47(81)31-73/h9-18,24,32-33,38-39,41-42,44-47,49-53,63,73-82,90-92H,4-8,19-23,25-31H2,1-3H3,(H,64,87)(H,65,83)(H,66,84)(H,67,85)(H,68,86)/t32-,33+,38+,39+,41?,42-,44+,45+,46-,47+,49-,50-,51-,52-,53-/m0/s1. The van der Waals surface area contributed by atoms with Gasteiger partial charge in [0, 0.05) is 81.8 Å². The quantitative estimate of drug-likeness (QED) is 0.0280. The third kappa shape index (κ3) is 21.6. The number of methoxy groups -OCH3 is 1. The van der Waals surface area contributed by atoms with Gasteiger partial charge in [0.15, 0.2) is 11.5 Å². The maximum atomic E-state index is 15.0. The van der Waals surface area contributed by atoms with E-state index in [2.05, 4.69) is 46.3 Å². The highest BCUT2D eigenvalue weighted by Crippen LogP contribution is 2.41. The Balaban J connectivity index is 1.17. The fourth-order valence-corrected chi connectivity index (χ4v) is 12.5. The number of hydrogen-bond donors (Lipinski definition) is 19. The van der Waals surface area contributed by atoms with Gasteiger partial charge in [-0.1, -0.05) is 55.7 Å². The number of rotatable bonds is 27. The summed E-state index contributed by atoms with van der Waals surface area (Å²) in [6.45, 7) is 0.681. The molecular weight excluding hydrogens is 1320 g/mol. The molecule has 33 nitrogen and oxygen atoms in total. The summed E-state index contributed by atoms with van der Waals surface area (Å²) in [5.74, 6) is -9.96. The van der Waals surface area contributed by atoms with Crippen LogP contribution in [0.3, 0.4) is 0 Å². The molecule has 3 fully saturated rings. The minimum atomic E-state index is -4.76. The largest absolute Gasteiger partial charge is 0.504 e. The van der Waals surface area contributed by atoms with Gasteiger partial charge in [-0.25, -0.2) is 0 Å². The Bertz CT molecular complexity index is 3280. The summed E-state index contributed by atoms with van der Waals surface area (Å²) in [5, 5.41) is 133. The lowest BCUT2D eigenvalue weighted by atomic mass is 9.98. The number of hydrogen-bond acceptors (Lipinski definition) is 27. The Kier molecular flexibility index (Phi) is 28.6. The van der Waals surface area contributed by atoms with Gasteiger partial charge in [0.05, 0.1) is 55.9 Å². The van der Waals surface area contributed by atoms with Crippen molar-refractivity contribution in [3.8, 4) is 38.4 Å². The zero-order valence-electron chi connectivity index (χ0n) is 53.5. The summed E-state index contributed by atoms with van der Waals surface area (Å²) < 4.78 is 44.4. The van der Waals surface area contributed by atoms with Gasteiger partial charge in [0.2, 0.25) is 35.4 Å². The van der Waals surface area contributed by atoms with Crippen molar-refractivity contribution in [3.05, 3.63) is 77.9 Å². The number of nitrogens with zero attached hydrogens (tertiary/aromatic N) is 4. The molecule has 35 heteroatoms. The second kappa shape index (κ2) is 36.0. The molecule has 7 amide bonds. The highest BCUT2D eigenvalue weighted by Gasteiger charge is 2.50. The molecule has 19 N–H and O–H groups in total. The van der Waals surface area contributed by atoms with Gasteiger partial charge in [0.1, 0.15) is 58.1 Å². The number of phenolic OH excluding ortho intramolecular Hbond substituents is 1. The van der Waals surface area contributed by atoms with E-state index in [1.165, 1.54) is 30.4 Å². The van der Waals surface area contributed by atoms with Gasteiger partial charge in [-0.15, -0.1) is 10.2 Å². The third-order valence-corrected chi connectivity index (χ3v) is 18.1. The number of carbonyl (C=O) groups is 7. The minimum absolute atomic E-state index is 0.0121. The minimum Gasteiger partial charge on any atom is -0.504 e. The fraction of sp³-hybridized carbons (Fsp3) is 0.565. The van der Waals surface area contributed by atoms with E-state index in [1.807, 2.05) is 24.3 Å². The number of unbranched alkanes of at least 4 members (excludes halogenated alkanes) is 4. The number of aromatic hydroxyl groups is 1. The number of phenols is 1. The summed E-state index contributed by atoms with van der Waals surface area (Å²) in [6, 6.07) is 4.66. The molecule has 536 valence electrons. The van der Waals surface area contributed by atoms with Gasteiger partial charge >= 0.3 is 0 Å². The second-order valence-electron chi connectivity index (χ2n) is 24.3. The van der Waals surface area contributed by atoms with Crippen LogP contribution < -0.4 is 40.8 Å². The molecule has 0 saturated carbocycles. The fourth-order valence-electron chi connectivity index (χ4n) is 11.3. The SMILES string of the molecule is COCCCCCCCOc1ccc(-c2nnc(-c3ccc(C(=O)NC4C[C@@H](O)CNC(=O)[C@@H]5[C@@H](O)[C@@H](C)CN5C(=O)[C@H]([C@H](O)CCNC[C@H](O)[C@H](O)CO)NC(=O)[C@H]([C@H](O)Cc5ccc(O)c(OS(O)(O)O)c5)NC(=O)[C@@H]5C[C@@H](O)CN5C(=O)[C@H]([C@@H](C)O)NC4=O)cc3)s2)cc1. The van der Waals surface area contributed by atoms with E-state index in [0.29, 0.717) is 27.9 Å². The Labute approximate surface area is 563 Å². The molecule has 0 radical (unpaired) electrons. The molecule has 4 heterocycles. The van der Waals surface area contributed by atoms with Crippen LogP contribution in [0, 0.1) is 5.92 Å². The lowest BCUT2D eigenvalue weighted by molar-refractivity contribution is -0.147. The van der Waals surface area contributed by atoms with Crippen molar-refractivity contribution < 1.29 is 112 Å². The van der Waals surface area contributed by atoms with Gasteiger partial charge in [0.25, 0.3) is 17.1 Å². The van der Waals surface area contributed by atoms with Gasteiger partial charge < -0.3 is 106 Å². The van der Waals surface area contributed by atoms with E-state index < -0.39 is 207 Å². The van der Waals surface area contributed by atoms with Crippen molar-refractivity contribution in [1.29, 1.82) is 0 Å². The number of aliphatic hydroxyl groups excluding tert-OH is 9. The van der Waals surface area contributed by atoms with Gasteiger partial charge in [-0.3, -0.25) is 47.2 Å². The first-order valence-corrected chi connectivity index (χ1v) is 33.9. The molecule has 3 aromatic carbocycles. The maximum Gasteiger partial charge on any atom is 0.266 e. The smallest absolute Gasteiger partial charge is 0.266 e. The van der Waals surface area contributed by atoms with Crippen LogP contribution in [-0.2, 0) is 39.9 Å². The van der Waals surface area contributed by atoms with Crippen molar-refractivity contribution in [3.63, 3.8) is 0 Å². The molecule has 4 aromatic rings. The molecule has 1 unspecified atom stereocenters. The summed E-state index contributed by atoms with van der Waals surface area (Å²) in [4.78, 5) is 104. The first-order valence-electron chi connectivity index (χ1n) is 31.6. The van der Waals surface area contributed by atoms with Crippen LogP contribution in [0.4, 0.5) is 0 Å². The Morgan fingerprint density at radius 1 is 0.722 bits per heavy atom. The van der Waals surface area contributed by atoms with Crippen LogP contribution in [0.15, 0.2) is 66.7 Å². The molecule has 15 atom stereocenters. The molecule has 3 aliphatic heterocycles. The third-order valence-electron chi connectivity index (χ3n) is 16.7. The average Bonchev–Trinajstić information content (AvgIpc) is 1.69. The van der Waals surface area contributed by atoms with Crippen molar-refractivity contribution in [1.82, 2.24) is 51.9 Å². The van der Waals surface area contributed by atoms with Crippen molar-refractivity contribution in [2.75, 3.05) is 59.7 Å². The number of fused-ring (bicyclic) bond motifs is 2. The van der Waals surface area contributed by atoms with E-state index in [1.54, 1.807) is 19.2 Å². The molecular formula is C62H88N10O23S2. The molecule has 0 bridgehead atoms. The molecule has 0 spiro atoms. The number of amides is 7. The summed E-state index contributed by atoms with van der Waals surface area (Å²) in [7, 11) is 1.69. The first kappa shape index (κ1) is 77.1. The van der Waals surface area contributed by atoms with E-state index >= 15 is 0 Å². The van der Waals surface area contributed by atoms with Gasteiger partial charge in [-0.05, 0) is 86.8 Å². The number of nitrogens with one attached hydrogen (secondary N) is 6. The van der Waals surface area contributed by atoms with Crippen molar-refractivity contribution >= 4 is 63.8 Å². The molecule has 0 aliphatic carbocycles. The number of aliphatic hydroxyl groups is 9. The van der Waals surface area contributed by atoms with Crippen LogP contribution in [0.2, 0.25) is 0 Å². The van der Waals surface area contributed by atoms with E-state index in [0.717, 1.165) is 79.2 Å². The second-order valence-corrected chi connectivity index (χ2v) is 26.4. The first-order chi connectivity index (χ1) is 46.1. The molecule has 3 saturated heterocycles. The topological polar surface area (TPSA) is 515 Å². The van der Waals surface area contributed by atoms with Crippen LogP contribution >= 0.6 is 22.5 Å². The highest BCUT2D eigenvalue weighted by molar-refractivity contribution is 8.15. The summed E-state index contributed by atoms with van der Waals surface area (Å²) in [6.07, 6.45) is -11.2. The number of aromatic nitrogens is 2. The van der Waals surface area contributed by atoms with Gasteiger partial charge in [-0.2, -0.15) is 0 Å². The number of β-amino-alcohol motifs (C(OH)–C–C–N with tert-alkyl or cyclic N) is 1. The van der Waals surface area contributed by atoms with Crippen molar-refractivity contribution in [2.45, 2.75) is 157 Å². The lowest BCUT2D eigenvalue weighted by Crippen LogP contribution is -2.64. The van der Waals surface area contributed by atoms with Crippen LogP contribution in [-0.4, -0.2) is 271 Å². The van der Waals surface area contributed by atoms with E-state index in [-0.39, 0.29) is 24.2 Å². The average molecular weight is 1410 g/mol. The Morgan fingerprint density at radius 3 is 1.98 bits per heavy atom. The van der Waals surface area contributed by atoms with Crippen LogP contribution in [0.5, 0.6) is 17.2 Å².